The summed E-state index contributed by atoms with van der Waals surface area (Å²) < 4.78 is 1.82. The monoisotopic (exact) mass is 348 g/mol. The van der Waals surface area contributed by atoms with Crippen molar-refractivity contribution < 1.29 is 4.79 Å². The van der Waals surface area contributed by atoms with E-state index in [1.165, 1.54) is 12.8 Å². The molecule has 1 aromatic carbocycles. The Kier molecular flexibility index (Phi) is 3.94. The van der Waals surface area contributed by atoms with E-state index in [0.29, 0.717) is 11.6 Å². The molecular formula is C21H24N4O. The molecule has 1 aliphatic rings. The summed E-state index contributed by atoms with van der Waals surface area (Å²) in [6.07, 6.45) is 7.00. The highest BCUT2D eigenvalue weighted by Crippen LogP contribution is 2.40. The number of fused-ring (bicyclic) bond motifs is 1. The molecule has 1 amide bonds. The van der Waals surface area contributed by atoms with Crippen molar-refractivity contribution >= 4 is 17.1 Å². The van der Waals surface area contributed by atoms with E-state index in [1.54, 1.807) is 6.20 Å². The number of aromatic nitrogens is 2. The highest BCUT2D eigenvalue weighted by Gasteiger charge is 2.35. The minimum Gasteiger partial charge on any atom is -0.379 e. The van der Waals surface area contributed by atoms with Gasteiger partial charge in [0.2, 0.25) is 0 Å². The summed E-state index contributed by atoms with van der Waals surface area (Å²) in [7, 11) is 0. The summed E-state index contributed by atoms with van der Waals surface area (Å²) in [5.74, 6) is -0.458. The van der Waals surface area contributed by atoms with E-state index in [0.717, 1.165) is 28.8 Å². The molecule has 1 aliphatic carbocycles. The summed E-state index contributed by atoms with van der Waals surface area (Å²) in [6, 6.07) is 12.5. The Labute approximate surface area is 153 Å². The van der Waals surface area contributed by atoms with Crippen molar-refractivity contribution in [3.63, 3.8) is 0 Å². The maximum absolute atomic E-state index is 12.0. The van der Waals surface area contributed by atoms with Crippen molar-refractivity contribution in [1.29, 1.82) is 0 Å². The molecule has 3 N–H and O–H groups in total. The Bertz CT molecular complexity index is 959. The lowest BCUT2D eigenvalue weighted by molar-refractivity contribution is 0.100. The van der Waals surface area contributed by atoms with Crippen LogP contribution < -0.4 is 11.1 Å². The molecule has 3 aromatic rings. The fraction of sp³-hybridized carbons (Fsp3) is 0.333. The number of anilines is 1. The number of benzene rings is 1. The minimum absolute atomic E-state index is 0.185. The third-order valence-corrected chi connectivity index (χ3v) is 5.59. The SMILES string of the molecule is CC1(C)CCC[C@H]1Nc1c(C(N)=O)cnn2cc(-c3ccccc3)cc12. The molecule has 1 fully saturated rings. The molecule has 0 unspecified atom stereocenters. The molecule has 5 heteroatoms. The van der Waals surface area contributed by atoms with E-state index < -0.39 is 5.91 Å². The second-order valence-electron chi connectivity index (χ2n) is 7.80. The van der Waals surface area contributed by atoms with Gasteiger partial charge in [0.1, 0.15) is 0 Å². The molecule has 0 spiro atoms. The molecule has 4 rings (SSSR count). The van der Waals surface area contributed by atoms with Gasteiger partial charge in [-0.2, -0.15) is 5.10 Å². The van der Waals surface area contributed by atoms with Crippen LogP contribution in [-0.2, 0) is 0 Å². The smallest absolute Gasteiger partial charge is 0.252 e. The highest BCUT2D eigenvalue weighted by atomic mass is 16.1. The van der Waals surface area contributed by atoms with Gasteiger partial charge >= 0.3 is 0 Å². The van der Waals surface area contributed by atoms with Gasteiger partial charge in [0.25, 0.3) is 5.91 Å². The first kappa shape index (κ1) is 16.6. The van der Waals surface area contributed by atoms with Gasteiger partial charge in [0, 0.05) is 17.8 Å². The lowest BCUT2D eigenvalue weighted by Gasteiger charge is -2.29. The van der Waals surface area contributed by atoms with Crippen molar-refractivity contribution in [2.24, 2.45) is 11.1 Å². The van der Waals surface area contributed by atoms with Crippen molar-refractivity contribution in [2.75, 3.05) is 5.32 Å². The van der Waals surface area contributed by atoms with Crippen LogP contribution in [0, 0.1) is 5.41 Å². The molecule has 0 bridgehead atoms. The first-order chi connectivity index (χ1) is 12.5. The first-order valence-corrected chi connectivity index (χ1v) is 9.09. The van der Waals surface area contributed by atoms with Gasteiger partial charge in [-0.15, -0.1) is 0 Å². The van der Waals surface area contributed by atoms with E-state index >= 15 is 0 Å². The average Bonchev–Trinajstić information content (AvgIpc) is 3.19. The second kappa shape index (κ2) is 6.16. The molecular weight excluding hydrogens is 324 g/mol. The van der Waals surface area contributed by atoms with E-state index in [1.807, 2.05) is 28.9 Å². The summed E-state index contributed by atoms with van der Waals surface area (Å²) in [5, 5.41) is 8.02. The van der Waals surface area contributed by atoms with Crippen LogP contribution >= 0.6 is 0 Å². The van der Waals surface area contributed by atoms with Crippen LogP contribution in [0.4, 0.5) is 5.69 Å². The van der Waals surface area contributed by atoms with Gasteiger partial charge in [-0.25, -0.2) is 4.52 Å². The average molecular weight is 348 g/mol. The zero-order chi connectivity index (χ0) is 18.3. The number of rotatable bonds is 4. The molecule has 5 nitrogen and oxygen atoms in total. The third kappa shape index (κ3) is 2.83. The zero-order valence-electron chi connectivity index (χ0n) is 15.2. The molecule has 0 saturated heterocycles. The number of amides is 1. The number of hydrogen-bond donors (Lipinski definition) is 2. The molecule has 134 valence electrons. The van der Waals surface area contributed by atoms with Crippen molar-refractivity contribution in [1.82, 2.24) is 9.61 Å². The topological polar surface area (TPSA) is 72.4 Å². The van der Waals surface area contributed by atoms with Crippen molar-refractivity contribution in [3.05, 3.63) is 54.4 Å². The van der Waals surface area contributed by atoms with Gasteiger partial charge in [-0.3, -0.25) is 4.79 Å². The Morgan fingerprint density at radius 2 is 2.04 bits per heavy atom. The predicted molar refractivity (Wildman–Crippen MR) is 104 cm³/mol. The number of nitrogens with zero attached hydrogens (tertiary/aromatic N) is 2. The Morgan fingerprint density at radius 1 is 1.27 bits per heavy atom. The molecule has 2 heterocycles. The second-order valence-corrected chi connectivity index (χ2v) is 7.80. The quantitative estimate of drug-likeness (QED) is 0.746. The van der Waals surface area contributed by atoms with Crippen LogP contribution in [0.5, 0.6) is 0 Å². The summed E-state index contributed by atoms with van der Waals surface area (Å²) in [5.41, 5.74) is 10.1. The summed E-state index contributed by atoms with van der Waals surface area (Å²) in [4.78, 5) is 12.0. The standard InChI is InChI=1S/C21H24N4O/c1-21(2)10-6-9-18(21)24-19-16(20(22)26)12-23-25-13-15(11-17(19)25)14-7-4-3-5-8-14/h3-5,7-8,11-13,18,24H,6,9-10H2,1-2H3,(H2,22,26)/t18-/m1/s1. The highest BCUT2D eigenvalue weighted by molar-refractivity contribution is 6.02. The lowest BCUT2D eigenvalue weighted by Crippen LogP contribution is -2.32. The maximum atomic E-state index is 12.0. The molecule has 1 atom stereocenters. The van der Waals surface area contributed by atoms with Crippen molar-refractivity contribution in [2.45, 2.75) is 39.2 Å². The Morgan fingerprint density at radius 3 is 2.69 bits per heavy atom. The minimum atomic E-state index is -0.458. The lowest BCUT2D eigenvalue weighted by atomic mass is 9.87. The van der Waals surface area contributed by atoms with Crippen molar-refractivity contribution in [3.8, 4) is 11.1 Å². The number of nitrogens with one attached hydrogen (secondary N) is 1. The molecule has 26 heavy (non-hydrogen) atoms. The third-order valence-electron chi connectivity index (χ3n) is 5.59. The molecule has 2 aromatic heterocycles. The number of primary amides is 1. The van der Waals surface area contributed by atoms with Gasteiger partial charge in [0.15, 0.2) is 0 Å². The van der Waals surface area contributed by atoms with Crippen LogP contribution in [0.2, 0.25) is 0 Å². The van der Waals surface area contributed by atoms with Gasteiger partial charge in [-0.1, -0.05) is 50.6 Å². The zero-order valence-corrected chi connectivity index (χ0v) is 15.2. The first-order valence-electron chi connectivity index (χ1n) is 9.09. The number of hydrogen-bond acceptors (Lipinski definition) is 3. The molecule has 1 saturated carbocycles. The fourth-order valence-electron chi connectivity index (χ4n) is 3.95. The summed E-state index contributed by atoms with van der Waals surface area (Å²) >= 11 is 0. The largest absolute Gasteiger partial charge is 0.379 e. The molecule has 0 aliphatic heterocycles. The van der Waals surface area contributed by atoms with Gasteiger partial charge in [-0.05, 0) is 29.9 Å². The van der Waals surface area contributed by atoms with Crippen LogP contribution in [0.3, 0.4) is 0 Å². The number of carbonyl (C=O) groups is 1. The predicted octanol–water partition coefficient (Wildman–Crippen LogP) is 4.09. The van der Waals surface area contributed by atoms with Gasteiger partial charge < -0.3 is 11.1 Å². The van der Waals surface area contributed by atoms with E-state index in [2.05, 4.69) is 42.5 Å². The van der Waals surface area contributed by atoms with E-state index in [9.17, 15) is 4.79 Å². The van der Waals surface area contributed by atoms with Crippen LogP contribution in [0.25, 0.3) is 16.6 Å². The number of nitrogens with two attached hydrogens (primary N) is 1. The van der Waals surface area contributed by atoms with Crippen LogP contribution in [0.15, 0.2) is 48.8 Å². The Hall–Kier alpha value is -2.82. The normalized spacial score (nSPS) is 18.9. The maximum Gasteiger partial charge on any atom is 0.252 e. The van der Waals surface area contributed by atoms with Gasteiger partial charge in [0.05, 0.1) is 23.0 Å². The molecule has 0 radical (unpaired) electrons. The fourth-order valence-corrected chi connectivity index (χ4v) is 3.95. The Balaban J connectivity index is 1.84. The van der Waals surface area contributed by atoms with Crippen LogP contribution in [0.1, 0.15) is 43.5 Å². The van der Waals surface area contributed by atoms with Crippen LogP contribution in [-0.4, -0.2) is 21.6 Å². The van der Waals surface area contributed by atoms with E-state index in [4.69, 9.17) is 5.73 Å². The summed E-state index contributed by atoms with van der Waals surface area (Å²) in [6.45, 7) is 4.54. The number of carbonyl (C=O) groups excluding carboxylic acids is 1. The van der Waals surface area contributed by atoms with E-state index in [-0.39, 0.29) is 5.41 Å².